The van der Waals surface area contributed by atoms with Gasteiger partial charge >= 0.3 is 12.0 Å². The molecule has 1 heterocycles. The van der Waals surface area contributed by atoms with Gasteiger partial charge < -0.3 is 25.2 Å². The lowest BCUT2D eigenvalue weighted by Crippen LogP contribution is -2.48. The Morgan fingerprint density at radius 2 is 2.10 bits per heavy atom. The molecule has 0 spiro atoms. The largest absolute Gasteiger partial charge is 0.480 e. The Morgan fingerprint density at radius 3 is 2.65 bits per heavy atom. The maximum absolute atomic E-state index is 12.0. The van der Waals surface area contributed by atoms with E-state index < -0.39 is 24.1 Å². The summed E-state index contributed by atoms with van der Waals surface area (Å²) in [5.41, 5.74) is -0.136. The number of carboxylic acid groups (broad SMARTS) is 1. The molecule has 1 saturated heterocycles. The van der Waals surface area contributed by atoms with Crippen molar-refractivity contribution in [1.29, 1.82) is 0 Å². The fourth-order valence-electron chi connectivity index (χ4n) is 2.16. The highest BCUT2D eigenvalue weighted by Crippen LogP contribution is 2.21. The Labute approximate surface area is 118 Å². The average Bonchev–Trinajstić information content (AvgIpc) is 2.76. The van der Waals surface area contributed by atoms with Crippen LogP contribution < -0.4 is 5.32 Å². The van der Waals surface area contributed by atoms with E-state index in [9.17, 15) is 14.7 Å². The summed E-state index contributed by atoms with van der Waals surface area (Å²) in [6.45, 7) is 5.08. The standard InChI is InChI=1S/C13H24N2O5/c1-13(2,4-5-20-3)8-14-12(19)15-7-9(16)6-10(15)11(17)18/h9-10,16H,4-8H2,1-3H3,(H,14,19)(H,17,18). The summed E-state index contributed by atoms with van der Waals surface area (Å²) in [7, 11) is 1.62. The number of β-amino-alcohol motifs (C(OH)–C–C–N with tert-alkyl or cyclic N) is 1. The lowest BCUT2D eigenvalue weighted by Gasteiger charge is -2.27. The quantitative estimate of drug-likeness (QED) is 0.652. The van der Waals surface area contributed by atoms with Crippen LogP contribution in [-0.4, -0.2) is 66.1 Å². The zero-order chi connectivity index (χ0) is 15.3. The molecule has 116 valence electrons. The number of hydrogen-bond donors (Lipinski definition) is 3. The minimum absolute atomic E-state index is 0.0568. The number of hydrogen-bond acceptors (Lipinski definition) is 4. The second kappa shape index (κ2) is 6.90. The van der Waals surface area contributed by atoms with E-state index in [1.165, 1.54) is 4.90 Å². The van der Waals surface area contributed by atoms with Crippen LogP contribution in [0.1, 0.15) is 26.7 Å². The van der Waals surface area contributed by atoms with Gasteiger partial charge in [-0.3, -0.25) is 0 Å². The minimum Gasteiger partial charge on any atom is -0.480 e. The number of ether oxygens (including phenoxy) is 1. The molecule has 0 bridgehead atoms. The number of aliphatic hydroxyl groups excluding tert-OH is 1. The predicted octanol–water partition coefficient (Wildman–Crippen LogP) is 0.279. The van der Waals surface area contributed by atoms with Crippen LogP contribution in [0.2, 0.25) is 0 Å². The Kier molecular flexibility index (Phi) is 5.76. The van der Waals surface area contributed by atoms with Crippen LogP contribution in [0.3, 0.4) is 0 Å². The van der Waals surface area contributed by atoms with Gasteiger partial charge in [0.1, 0.15) is 6.04 Å². The van der Waals surface area contributed by atoms with E-state index in [-0.39, 0.29) is 18.4 Å². The second-order valence-electron chi connectivity index (χ2n) is 5.96. The minimum atomic E-state index is -1.09. The highest BCUT2D eigenvalue weighted by Gasteiger charge is 2.39. The van der Waals surface area contributed by atoms with Crippen molar-refractivity contribution in [3.05, 3.63) is 0 Å². The maximum Gasteiger partial charge on any atom is 0.326 e. The van der Waals surface area contributed by atoms with E-state index in [0.29, 0.717) is 13.2 Å². The van der Waals surface area contributed by atoms with Crippen molar-refractivity contribution in [1.82, 2.24) is 10.2 Å². The van der Waals surface area contributed by atoms with Crippen LogP contribution in [0.15, 0.2) is 0 Å². The number of nitrogens with zero attached hydrogens (tertiary/aromatic N) is 1. The Morgan fingerprint density at radius 1 is 1.45 bits per heavy atom. The molecular weight excluding hydrogens is 264 g/mol. The molecule has 1 aliphatic heterocycles. The third kappa shape index (κ3) is 4.64. The molecular formula is C13H24N2O5. The lowest BCUT2D eigenvalue weighted by molar-refractivity contribution is -0.141. The average molecular weight is 288 g/mol. The normalized spacial score (nSPS) is 22.9. The molecule has 3 N–H and O–H groups in total. The van der Waals surface area contributed by atoms with Crippen molar-refractivity contribution in [2.75, 3.05) is 26.8 Å². The lowest BCUT2D eigenvalue weighted by atomic mass is 9.90. The molecule has 2 amide bonds. The van der Waals surface area contributed by atoms with Gasteiger partial charge in [-0.25, -0.2) is 9.59 Å². The number of nitrogens with one attached hydrogen (secondary N) is 1. The van der Waals surface area contributed by atoms with E-state index >= 15 is 0 Å². The summed E-state index contributed by atoms with van der Waals surface area (Å²) in [6.07, 6.45) is 0.0910. The summed E-state index contributed by atoms with van der Waals surface area (Å²) in [6, 6.07) is -1.40. The van der Waals surface area contributed by atoms with Crippen molar-refractivity contribution in [2.45, 2.75) is 38.8 Å². The summed E-state index contributed by atoms with van der Waals surface area (Å²) in [4.78, 5) is 24.3. The third-order valence-electron chi connectivity index (χ3n) is 3.53. The molecule has 0 aromatic carbocycles. The van der Waals surface area contributed by atoms with Crippen LogP contribution in [0.4, 0.5) is 4.79 Å². The van der Waals surface area contributed by atoms with Crippen molar-refractivity contribution in [3.8, 4) is 0 Å². The molecule has 0 aromatic rings. The van der Waals surface area contributed by atoms with Gasteiger partial charge in [0.05, 0.1) is 6.10 Å². The molecule has 0 aliphatic carbocycles. The summed E-state index contributed by atoms with van der Waals surface area (Å²) in [5, 5.41) is 21.3. The number of likely N-dealkylation sites (tertiary alicyclic amines) is 1. The number of carboxylic acids is 1. The smallest absolute Gasteiger partial charge is 0.326 e. The molecule has 2 atom stereocenters. The fourth-order valence-corrected chi connectivity index (χ4v) is 2.16. The van der Waals surface area contributed by atoms with Gasteiger partial charge in [0.15, 0.2) is 0 Å². The van der Waals surface area contributed by atoms with Crippen LogP contribution in [0.25, 0.3) is 0 Å². The zero-order valence-electron chi connectivity index (χ0n) is 12.3. The van der Waals surface area contributed by atoms with Crippen LogP contribution in [-0.2, 0) is 9.53 Å². The van der Waals surface area contributed by atoms with E-state index in [2.05, 4.69) is 5.32 Å². The van der Waals surface area contributed by atoms with Crippen LogP contribution in [0.5, 0.6) is 0 Å². The number of carbonyl (C=O) groups is 2. The fraction of sp³-hybridized carbons (Fsp3) is 0.846. The van der Waals surface area contributed by atoms with Gasteiger partial charge in [-0.1, -0.05) is 13.8 Å². The number of methoxy groups -OCH3 is 1. The molecule has 7 heteroatoms. The molecule has 2 unspecified atom stereocenters. The first kappa shape index (κ1) is 16.7. The second-order valence-corrected chi connectivity index (χ2v) is 5.96. The summed E-state index contributed by atoms with van der Waals surface area (Å²) in [5.74, 6) is -1.09. The highest BCUT2D eigenvalue weighted by molar-refractivity contribution is 5.83. The number of aliphatic carboxylic acids is 1. The first-order valence-corrected chi connectivity index (χ1v) is 6.71. The van der Waals surface area contributed by atoms with Crippen LogP contribution >= 0.6 is 0 Å². The van der Waals surface area contributed by atoms with Crippen molar-refractivity contribution >= 4 is 12.0 Å². The number of aliphatic hydroxyl groups is 1. The van der Waals surface area contributed by atoms with Crippen molar-refractivity contribution in [3.63, 3.8) is 0 Å². The Hall–Kier alpha value is -1.34. The molecule has 1 fully saturated rings. The number of rotatable bonds is 6. The number of amides is 2. The molecule has 0 radical (unpaired) electrons. The first-order valence-electron chi connectivity index (χ1n) is 6.71. The maximum atomic E-state index is 12.0. The van der Waals surface area contributed by atoms with E-state index in [4.69, 9.17) is 9.84 Å². The SMILES string of the molecule is COCCC(C)(C)CNC(=O)N1CC(O)CC1C(=O)O. The predicted molar refractivity (Wildman–Crippen MR) is 72.4 cm³/mol. The van der Waals surface area contributed by atoms with Crippen molar-refractivity contribution in [2.24, 2.45) is 5.41 Å². The molecule has 1 rings (SSSR count). The Bertz CT molecular complexity index is 359. The first-order chi connectivity index (χ1) is 9.26. The topological polar surface area (TPSA) is 99.1 Å². The van der Waals surface area contributed by atoms with E-state index in [1.807, 2.05) is 13.8 Å². The molecule has 7 nitrogen and oxygen atoms in total. The van der Waals surface area contributed by atoms with E-state index in [1.54, 1.807) is 7.11 Å². The number of carbonyl (C=O) groups excluding carboxylic acids is 1. The summed E-state index contributed by atoms with van der Waals surface area (Å²) < 4.78 is 5.01. The number of urea groups is 1. The van der Waals surface area contributed by atoms with Gasteiger partial charge in [-0.15, -0.1) is 0 Å². The molecule has 1 aliphatic rings. The summed E-state index contributed by atoms with van der Waals surface area (Å²) >= 11 is 0. The van der Waals surface area contributed by atoms with Gasteiger partial charge in [0.25, 0.3) is 0 Å². The van der Waals surface area contributed by atoms with Gasteiger partial charge in [-0.05, 0) is 11.8 Å². The third-order valence-corrected chi connectivity index (χ3v) is 3.53. The van der Waals surface area contributed by atoms with E-state index in [0.717, 1.165) is 6.42 Å². The highest BCUT2D eigenvalue weighted by atomic mass is 16.5. The van der Waals surface area contributed by atoms with Gasteiger partial charge in [0.2, 0.25) is 0 Å². The van der Waals surface area contributed by atoms with Gasteiger partial charge in [0, 0.05) is 33.2 Å². The molecule has 0 saturated carbocycles. The zero-order valence-corrected chi connectivity index (χ0v) is 12.3. The van der Waals surface area contributed by atoms with Crippen molar-refractivity contribution < 1.29 is 24.5 Å². The molecule has 0 aromatic heterocycles. The monoisotopic (exact) mass is 288 g/mol. The molecule has 20 heavy (non-hydrogen) atoms. The van der Waals surface area contributed by atoms with Gasteiger partial charge in [-0.2, -0.15) is 0 Å². The Balaban J connectivity index is 2.51. The van der Waals surface area contributed by atoms with Crippen LogP contribution in [0, 0.1) is 5.41 Å².